The molecule has 9 heteroatoms. The van der Waals surface area contributed by atoms with Gasteiger partial charge in [0.2, 0.25) is 0 Å². The molecule has 0 aliphatic rings. The van der Waals surface area contributed by atoms with Crippen LogP contribution in [-0.2, 0) is 17.1 Å². The van der Waals surface area contributed by atoms with E-state index in [1.54, 1.807) is 0 Å². The van der Waals surface area contributed by atoms with Crippen LogP contribution in [0.2, 0.25) is 0 Å². The molecular weight excluding hydrogens is 184 g/mol. The fourth-order valence-electron chi connectivity index (χ4n) is 0. The van der Waals surface area contributed by atoms with Crippen molar-refractivity contribution in [3.05, 3.63) is 0 Å². The van der Waals surface area contributed by atoms with E-state index in [-0.39, 0.29) is 60.9 Å². The summed E-state index contributed by atoms with van der Waals surface area (Å²) in [5.74, 6) is 0. The summed E-state index contributed by atoms with van der Waals surface area (Å²) in [4.78, 5) is 0. The quantitative estimate of drug-likeness (QED) is 0.330. The maximum Gasteiger partial charge on any atom is 0 e. The van der Waals surface area contributed by atoms with Gasteiger partial charge < -0.3 is 43.8 Å². The average molecular weight is 200 g/mol. The Hall–Kier alpha value is 0.199. The summed E-state index contributed by atoms with van der Waals surface area (Å²) >= 11 is 0. The number of hydrogen-bond acceptors (Lipinski definition) is 0. The summed E-state index contributed by atoms with van der Waals surface area (Å²) < 4.78 is 0. The Bertz CT molecular complexity index is 4.53. The Labute approximate surface area is 61.8 Å². The number of rotatable bonds is 0. The second-order valence-electron chi connectivity index (χ2n) is 0. The van der Waals surface area contributed by atoms with Crippen LogP contribution in [0.15, 0.2) is 0 Å². The Balaban J connectivity index is 0. The monoisotopic (exact) mass is 200 g/mol. The molecule has 0 aliphatic carbocycles. The number of hydrogen-bond donors (Lipinski definition) is 0. The minimum atomic E-state index is 0. The second kappa shape index (κ2) is 10700. The summed E-state index contributed by atoms with van der Waals surface area (Å²) in [6.45, 7) is 0. The summed E-state index contributed by atoms with van der Waals surface area (Å²) in [5, 5.41) is 0. The summed E-state index contributed by atoms with van der Waals surface area (Å²) in [7, 11) is 0. The van der Waals surface area contributed by atoms with Crippen LogP contribution >= 0.6 is 0 Å². The van der Waals surface area contributed by atoms with Crippen LogP contribution < -0.4 is 0 Å². The van der Waals surface area contributed by atoms with Crippen molar-refractivity contribution in [2.24, 2.45) is 0 Å². The molecule has 0 spiro atoms. The van der Waals surface area contributed by atoms with Gasteiger partial charge in [-0.15, -0.1) is 0 Å². The van der Waals surface area contributed by atoms with Crippen molar-refractivity contribution in [3.63, 3.8) is 0 Å². The molecule has 0 saturated carbocycles. The predicted molar refractivity (Wildman–Crippen MR) is 28.9 cm³/mol. The molecule has 0 heterocycles. The second-order valence-corrected chi connectivity index (χ2v) is 0. The summed E-state index contributed by atoms with van der Waals surface area (Å²) in [5.41, 5.74) is 0. The van der Waals surface area contributed by atoms with Crippen LogP contribution in [0.5, 0.6) is 0 Å². The molecule has 72 valence electrons. The Morgan fingerprint density at radius 1 is 0.222 bits per heavy atom. The zero-order chi connectivity index (χ0) is 0. The van der Waals surface area contributed by atoms with Crippen LogP contribution in [0.25, 0.3) is 0 Å². The van der Waals surface area contributed by atoms with Crippen molar-refractivity contribution in [2.75, 3.05) is 0 Å². The molecule has 0 atom stereocenters. The fourth-order valence-corrected chi connectivity index (χ4v) is 0. The molecule has 0 aromatic rings. The van der Waals surface area contributed by atoms with Crippen molar-refractivity contribution >= 4 is 0 Å². The van der Waals surface area contributed by atoms with Crippen LogP contribution in [0.3, 0.4) is 0 Å². The van der Waals surface area contributed by atoms with Crippen molar-refractivity contribution in [3.8, 4) is 0 Å². The van der Waals surface area contributed by atoms with Gasteiger partial charge in [0.05, 0.1) is 0 Å². The molecule has 8 nitrogen and oxygen atoms in total. The molecule has 0 aliphatic heterocycles. The first-order valence-corrected chi connectivity index (χ1v) is 0. The first kappa shape index (κ1) is 15500. The minimum Gasteiger partial charge on any atom is -0.412 e. The molecule has 0 unspecified atom stereocenters. The third-order valence-corrected chi connectivity index (χ3v) is 0. The maximum atomic E-state index is 0. The zero-order valence-corrected chi connectivity index (χ0v) is 5.46. The van der Waals surface area contributed by atoms with Crippen LogP contribution in [0, 0.1) is 0 Å². The first-order chi connectivity index (χ1) is 0. The van der Waals surface area contributed by atoms with E-state index in [9.17, 15) is 0 Å². The van der Waals surface area contributed by atoms with Crippen molar-refractivity contribution in [1.29, 1.82) is 0 Å². The molecule has 0 aromatic carbocycles. The van der Waals surface area contributed by atoms with Gasteiger partial charge in [-0.05, 0) is 0 Å². The van der Waals surface area contributed by atoms with Crippen LogP contribution in [0.1, 0.15) is 0 Å². The molecule has 0 amide bonds. The van der Waals surface area contributed by atoms with E-state index in [1.807, 2.05) is 0 Å². The van der Waals surface area contributed by atoms with Gasteiger partial charge in [-0.3, -0.25) is 0 Å². The first-order valence-electron chi connectivity index (χ1n) is 0. The van der Waals surface area contributed by atoms with Crippen LogP contribution in [0.4, 0.5) is 0 Å². The van der Waals surface area contributed by atoms with Crippen molar-refractivity contribution < 1.29 is 60.9 Å². The summed E-state index contributed by atoms with van der Waals surface area (Å²) in [6, 6.07) is 0. The smallest absolute Gasteiger partial charge is 0 e. The molecule has 0 radical (unpaired) electrons. The van der Waals surface area contributed by atoms with Crippen molar-refractivity contribution in [1.82, 2.24) is 0 Å². The van der Waals surface area contributed by atoms with Gasteiger partial charge in [-0.1, -0.05) is 0 Å². The fraction of sp³-hybridized carbons (Fsp3) is 0. The van der Waals surface area contributed by atoms with E-state index in [2.05, 4.69) is 0 Å². The molecule has 0 rings (SSSR count). The molecule has 0 saturated heterocycles. The largest absolute Gasteiger partial charge is 0.412 e. The van der Waals surface area contributed by atoms with Gasteiger partial charge in [0.15, 0.2) is 0 Å². The van der Waals surface area contributed by atoms with E-state index in [0.29, 0.717) is 0 Å². The van der Waals surface area contributed by atoms with E-state index in [1.165, 1.54) is 0 Å². The molecule has 0 fully saturated rings. The normalized spacial score (nSPS) is 0. The van der Waals surface area contributed by atoms with Gasteiger partial charge in [0, 0.05) is 17.1 Å². The maximum absolute atomic E-state index is 0. The Kier molecular flexibility index (Phi) is 18400000. The third-order valence-electron chi connectivity index (χ3n) is 0. The zero-order valence-electron chi connectivity index (χ0n) is 4.35. The molecule has 9 heavy (non-hydrogen) atoms. The molecule has 16 N–H and O–H groups in total. The predicted octanol–water partition coefficient (Wildman–Crippen LogP) is -6.60. The van der Waals surface area contributed by atoms with E-state index >= 15 is 0 Å². The topological polar surface area (TPSA) is 252 Å². The summed E-state index contributed by atoms with van der Waals surface area (Å²) in [6.07, 6.45) is 0. The van der Waals surface area contributed by atoms with E-state index < -0.39 is 0 Å². The average Bonchev–Trinajstić information content (AvgIpc) is 0. The Morgan fingerprint density at radius 2 is 0.222 bits per heavy atom. The molecule has 0 bridgehead atoms. The standard InChI is InChI=1S/Fe.8H2O/h;8*1H2. The minimum absolute atomic E-state index is 0. The molecule has 0 aromatic heterocycles. The van der Waals surface area contributed by atoms with E-state index in [4.69, 9.17) is 0 Å². The van der Waals surface area contributed by atoms with Crippen molar-refractivity contribution in [2.45, 2.75) is 0 Å². The molecular formula is H16FeO8. The van der Waals surface area contributed by atoms with Gasteiger partial charge in [0.1, 0.15) is 0 Å². The Morgan fingerprint density at radius 3 is 0.222 bits per heavy atom. The van der Waals surface area contributed by atoms with Gasteiger partial charge in [0.25, 0.3) is 0 Å². The van der Waals surface area contributed by atoms with Gasteiger partial charge in [-0.25, -0.2) is 0 Å². The van der Waals surface area contributed by atoms with Crippen LogP contribution in [-0.4, -0.2) is 43.8 Å². The van der Waals surface area contributed by atoms with E-state index in [0.717, 1.165) is 0 Å². The van der Waals surface area contributed by atoms with Gasteiger partial charge in [-0.2, -0.15) is 0 Å². The SMILES string of the molecule is O.O.O.O.O.O.O.O.[Fe]. The van der Waals surface area contributed by atoms with Gasteiger partial charge >= 0.3 is 0 Å². The third kappa shape index (κ3) is 7920.